The van der Waals surface area contributed by atoms with Gasteiger partial charge in [-0.2, -0.15) is 5.10 Å². The average molecular weight is 377 g/mol. The van der Waals surface area contributed by atoms with Gasteiger partial charge in [0.15, 0.2) is 11.5 Å². The third-order valence-corrected chi connectivity index (χ3v) is 5.10. The molecule has 2 atom stereocenters. The Hall–Kier alpha value is -2.84. The van der Waals surface area contributed by atoms with E-state index in [1.807, 2.05) is 18.2 Å². The van der Waals surface area contributed by atoms with E-state index in [1.54, 1.807) is 14.2 Å². The molecule has 0 saturated heterocycles. The number of nitrogens with zero attached hydrogens (tertiary/aromatic N) is 3. The van der Waals surface area contributed by atoms with Crippen molar-refractivity contribution in [1.29, 1.82) is 0 Å². The first-order valence-electron chi connectivity index (χ1n) is 8.94. The van der Waals surface area contributed by atoms with Gasteiger partial charge >= 0.3 is 0 Å². The molecule has 0 aromatic heterocycles. The fraction of sp³-hybridized carbons (Fsp3) is 0.556. The number of hydrogen-bond donors (Lipinski definition) is 0. The molecule has 1 aromatic rings. The van der Waals surface area contributed by atoms with Crippen molar-refractivity contribution in [2.24, 2.45) is 16.9 Å². The second kappa shape index (κ2) is 8.24. The van der Waals surface area contributed by atoms with Crippen molar-refractivity contribution in [2.45, 2.75) is 25.7 Å². The molecule has 1 aliphatic carbocycles. The minimum absolute atomic E-state index is 0.0389. The first-order valence-corrected chi connectivity index (χ1v) is 8.94. The number of carbonyl (C=O) groups is 1. The molecule has 1 fully saturated rings. The maximum absolute atomic E-state index is 12.8. The average Bonchev–Trinajstić information content (AvgIpc) is 2.69. The molecule has 0 N–H and O–H groups in total. The molecule has 9 nitrogen and oxygen atoms in total. The zero-order chi connectivity index (χ0) is 19.4. The van der Waals surface area contributed by atoms with Crippen molar-refractivity contribution in [3.63, 3.8) is 0 Å². The maximum atomic E-state index is 12.8. The molecule has 1 heterocycles. The smallest absolute Gasteiger partial charge is 0.294 e. The highest BCUT2D eigenvalue weighted by Crippen LogP contribution is 2.38. The molecular formula is C18H23N3O6. The van der Waals surface area contributed by atoms with Gasteiger partial charge in [-0.05, 0) is 31.0 Å². The Morgan fingerprint density at radius 2 is 1.89 bits per heavy atom. The zero-order valence-electron chi connectivity index (χ0n) is 15.4. The number of ether oxygens (including phenoxy) is 2. The molecule has 3 rings (SSSR count). The van der Waals surface area contributed by atoms with Gasteiger partial charge in [0, 0.05) is 17.4 Å². The Morgan fingerprint density at radius 1 is 1.19 bits per heavy atom. The molecule has 1 aromatic carbocycles. The molecule has 0 radical (unpaired) electrons. The van der Waals surface area contributed by atoms with Gasteiger partial charge in [0.2, 0.25) is 5.91 Å². The van der Waals surface area contributed by atoms with Gasteiger partial charge < -0.3 is 14.3 Å². The molecule has 1 amide bonds. The van der Waals surface area contributed by atoms with Crippen molar-refractivity contribution in [3.8, 4) is 11.5 Å². The van der Waals surface area contributed by atoms with Gasteiger partial charge in [-0.1, -0.05) is 12.8 Å². The van der Waals surface area contributed by atoms with E-state index in [1.165, 1.54) is 5.01 Å². The second-order valence-corrected chi connectivity index (χ2v) is 6.57. The Labute approximate surface area is 157 Å². The Bertz CT molecular complexity index is 751. The third-order valence-electron chi connectivity index (χ3n) is 5.10. The lowest BCUT2D eigenvalue weighted by molar-refractivity contribution is -0.757. The molecule has 146 valence electrons. The first-order chi connectivity index (χ1) is 13.0. The highest BCUT2D eigenvalue weighted by molar-refractivity contribution is 6.07. The molecule has 27 heavy (non-hydrogen) atoms. The third kappa shape index (κ3) is 3.96. The molecule has 0 unspecified atom stereocenters. The van der Waals surface area contributed by atoms with Crippen LogP contribution in [0.3, 0.4) is 0 Å². The number of carbonyl (C=O) groups excluding carboxylic acids is 1. The largest absolute Gasteiger partial charge is 0.493 e. The van der Waals surface area contributed by atoms with Crippen LogP contribution in [0.15, 0.2) is 23.3 Å². The van der Waals surface area contributed by atoms with Crippen LogP contribution in [0, 0.1) is 22.0 Å². The molecule has 1 saturated carbocycles. The summed E-state index contributed by atoms with van der Waals surface area (Å²) in [6.07, 6.45) is 3.72. The van der Waals surface area contributed by atoms with Crippen LogP contribution in [-0.2, 0) is 9.63 Å². The van der Waals surface area contributed by atoms with E-state index in [4.69, 9.17) is 9.47 Å². The molecule has 1 aliphatic heterocycles. The number of fused-ring (bicyclic) bond motifs is 1. The van der Waals surface area contributed by atoms with E-state index in [0.717, 1.165) is 37.0 Å². The van der Waals surface area contributed by atoms with Gasteiger partial charge in [-0.25, -0.2) is 5.01 Å². The number of hydrazone groups is 1. The molecule has 0 bridgehead atoms. The predicted octanol–water partition coefficient (Wildman–Crippen LogP) is 2.26. The molecule has 9 heteroatoms. The highest BCUT2D eigenvalue weighted by atomic mass is 16.9. The van der Waals surface area contributed by atoms with Gasteiger partial charge in [0.05, 0.1) is 26.5 Å². The van der Waals surface area contributed by atoms with Gasteiger partial charge in [0.25, 0.3) is 5.09 Å². The zero-order valence-corrected chi connectivity index (χ0v) is 15.4. The first kappa shape index (κ1) is 18.9. The van der Waals surface area contributed by atoms with Crippen molar-refractivity contribution < 1.29 is 24.2 Å². The standard InChI is InChI=1S/C18H23N3O6/c1-25-15-8-7-12(11-16(15)26-2)17-13-5-3-4-6-14(13)18(22)20(19-17)9-10-27-21(23)24/h7-8,11,13-14H,3-6,9-10H2,1-2H3/t13-,14+/m1/s1. The van der Waals surface area contributed by atoms with E-state index >= 15 is 0 Å². The predicted molar refractivity (Wildman–Crippen MR) is 96.2 cm³/mol. The van der Waals surface area contributed by atoms with Gasteiger partial charge in [-0.15, -0.1) is 10.1 Å². The van der Waals surface area contributed by atoms with Crippen LogP contribution in [0.1, 0.15) is 31.2 Å². The summed E-state index contributed by atoms with van der Waals surface area (Å²) in [5.41, 5.74) is 1.67. The number of rotatable bonds is 7. The Morgan fingerprint density at radius 3 is 2.56 bits per heavy atom. The lowest BCUT2D eigenvalue weighted by atomic mass is 9.73. The van der Waals surface area contributed by atoms with E-state index in [0.29, 0.717) is 11.5 Å². The van der Waals surface area contributed by atoms with Crippen LogP contribution < -0.4 is 9.47 Å². The number of hydrogen-bond acceptors (Lipinski definition) is 7. The minimum Gasteiger partial charge on any atom is -0.493 e. The number of amides is 1. The summed E-state index contributed by atoms with van der Waals surface area (Å²) >= 11 is 0. The summed E-state index contributed by atoms with van der Waals surface area (Å²) in [6.45, 7) is -0.168. The van der Waals surface area contributed by atoms with Crippen molar-refractivity contribution in [1.82, 2.24) is 5.01 Å². The fourth-order valence-electron chi connectivity index (χ4n) is 3.83. The minimum atomic E-state index is -0.864. The summed E-state index contributed by atoms with van der Waals surface area (Å²) in [5, 5.41) is 15.4. The Kier molecular flexibility index (Phi) is 5.78. The summed E-state index contributed by atoms with van der Waals surface area (Å²) in [6, 6.07) is 5.56. The number of methoxy groups -OCH3 is 2. The monoisotopic (exact) mass is 377 g/mol. The quantitative estimate of drug-likeness (QED) is 0.533. The topological polar surface area (TPSA) is 104 Å². The maximum Gasteiger partial charge on any atom is 0.294 e. The van der Waals surface area contributed by atoms with E-state index in [-0.39, 0.29) is 30.9 Å². The lowest BCUT2D eigenvalue weighted by Crippen LogP contribution is -2.47. The summed E-state index contributed by atoms with van der Waals surface area (Å²) in [5.74, 6) is 0.998. The van der Waals surface area contributed by atoms with Gasteiger partial charge in [0.1, 0.15) is 6.61 Å². The van der Waals surface area contributed by atoms with Crippen LogP contribution in [0.25, 0.3) is 0 Å². The summed E-state index contributed by atoms with van der Waals surface area (Å²) in [7, 11) is 3.14. The van der Waals surface area contributed by atoms with Crippen LogP contribution >= 0.6 is 0 Å². The highest BCUT2D eigenvalue weighted by Gasteiger charge is 2.41. The number of benzene rings is 1. The molecular weight excluding hydrogens is 354 g/mol. The van der Waals surface area contributed by atoms with Crippen LogP contribution in [-0.4, -0.2) is 49.1 Å². The lowest BCUT2D eigenvalue weighted by Gasteiger charge is -2.38. The van der Waals surface area contributed by atoms with E-state index in [2.05, 4.69) is 9.94 Å². The molecule has 0 spiro atoms. The summed E-state index contributed by atoms with van der Waals surface area (Å²) in [4.78, 5) is 27.5. The molecule has 2 aliphatic rings. The second-order valence-electron chi connectivity index (χ2n) is 6.57. The van der Waals surface area contributed by atoms with E-state index < -0.39 is 5.09 Å². The van der Waals surface area contributed by atoms with Crippen LogP contribution in [0.5, 0.6) is 11.5 Å². The van der Waals surface area contributed by atoms with Crippen molar-refractivity contribution >= 4 is 11.6 Å². The van der Waals surface area contributed by atoms with Crippen molar-refractivity contribution in [2.75, 3.05) is 27.4 Å². The SMILES string of the molecule is COc1ccc(C2=NN(CCO[N+](=O)[O-])C(=O)[C@H]3CCCC[C@@H]23)cc1OC. The summed E-state index contributed by atoms with van der Waals surface area (Å²) < 4.78 is 10.7. The van der Waals surface area contributed by atoms with Crippen molar-refractivity contribution in [3.05, 3.63) is 33.9 Å². The van der Waals surface area contributed by atoms with Crippen LogP contribution in [0.2, 0.25) is 0 Å². The Balaban J connectivity index is 1.94. The normalized spacial score (nSPS) is 21.9. The van der Waals surface area contributed by atoms with Crippen LogP contribution in [0.4, 0.5) is 0 Å². The fourth-order valence-corrected chi connectivity index (χ4v) is 3.83. The van der Waals surface area contributed by atoms with E-state index in [9.17, 15) is 14.9 Å². The van der Waals surface area contributed by atoms with Gasteiger partial charge in [-0.3, -0.25) is 4.79 Å².